The van der Waals surface area contributed by atoms with E-state index in [4.69, 9.17) is 0 Å². The average molecular weight is 226 g/mol. The second-order valence-corrected chi connectivity index (χ2v) is 5.61. The van der Waals surface area contributed by atoms with Crippen LogP contribution in [0, 0.1) is 5.92 Å². The second kappa shape index (κ2) is 6.24. The van der Waals surface area contributed by atoms with Crippen molar-refractivity contribution in [2.75, 3.05) is 0 Å². The van der Waals surface area contributed by atoms with Gasteiger partial charge in [0.2, 0.25) is 5.91 Å². The van der Waals surface area contributed by atoms with E-state index in [1.54, 1.807) is 0 Å². The van der Waals surface area contributed by atoms with Crippen LogP contribution in [0.2, 0.25) is 0 Å². The standard InChI is InChI=1S/C13H26N2O/c1-9(2)14-13(16)8-11(4)15-12-6-5-10(3)7-12/h9-12,15H,5-8H2,1-4H3,(H,14,16). The molecule has 3 unspecified atom stereocenters. The lowest BCUT2D eigenvalue weighted by Crippen LogP contribution is -2.40. The summed E-state index contributed by atoms with van der Waals surface area (Å²) in [5, 5.41) is 6.48. The zero-order valence-electron chi connectivity index (χ0n) is 11.0. The summed E-state index contributed by atoms with van der Waals surface area (Å²) < 4.78 is 0. The Bertz CT molecular complexity index is 228. The largest absolute Gasteiger partial charge is 0.354 e. The van der Waals surface area contributed by atoms with Gasteiger partial charge in [-0.15, -0.1) is 0 Å². The molecule has 1 fully saturated rings. The molecule has 0 radical (unpaired) electrons. The summed E-state index contributed by atoms with van der Waals surface area (Å²) in [6.07, 6.45) is 4.43. The number of nitrogens with one attached hydrogen (secondary N) is 2. The summed E-state index contributed by atoms with van der Waals surface area (Å²) in [7, 11) is 0. The fourth-order valence-electron chi connectivity index (χ4n) is 2.48. The van der Waals surface area contributed by atoms with Gasteiger partial charge in [0.1, 0.15) is 0 Å². The minimum atomic E-state index is 0.154. The van der Waals surface area contributed by atoms with Gasteiger partial charge in [-0.2, -0.15) is 0 Å². The average Bonchev–Trinajstić information content (AvgIpc) is 2.48. The van der Waals surface area contributed by atoms with E-state index >= 15 is 0 Å². The Morgan fingerprint density at radius 2 is 2.00 bits per heavy atom. The lowest BCUT2D eigenvalue weighted by molar-refractivity contribution is -0.122. The molecule has 1 amide bonds. The third-order valence-electron chi connectivity index (χ3n) is 3.16. The topological polar surface area (TPSA) is 41.1 Å². The lowest BCUT2D eigenvalue weighted by atomic mass is 10.1. The molecular formula is C13H26N2O. The Morgan fingerprint density at radius 1 is 1.31 bits per heavy atom. The number of hydrogen-bond donors (Lipinski definition) is 2. The number of rotatable bonds is 5. The zero-order valence-corrected chi connectivity index (χ0v) is 11.0. The van der Waals surface area contributed by atoms with Crippen molar-refractivity contribution in [2.24, 2.45) is 5.92 Å². The minimum Gasteiger partial charge on any atom is -0.354 e. The van der Waals surface area contributed by atoms with Gasteiger partial charge in [0, 0.05) is 24.5 Å². The van der Waals surface area contributed by atoms with Gasteiger partial charge < -0.3 is 10.6 Å². The van der Waals surface area contributed by atoms with E-state index in [-0.39, 0.29) is 18.0 Å². The molecule has 2 N–H and O–H groups in total. The molecule has 0 aromatic heterocycles. The van der Waals surface area contributed by atoms with Crippen LogP contribution in [0.25, 0.3) is 0 Å². The summed E-state index contributed by atoms with van der Waals surface area (Å²) in [6, 6.07) is 1.15. The highest BCUT2D eigenvalue weighted by Gasteiger charge is 2.22. The van der Waals surface area contributed by atoms with Crippen LogP contribution in [0.15, 0.2) is 0 Å². The smallest absolute Gasteiger partial charge is 0.221 e. The van der Waals surface area contributed by atoms with Crippen LogP contribution >= 0.6 is 0 Å². The van der Waals surface area contributed by atoms with Gasteiger partial charge in [-0.1, -0.05) is 6.92 Å². The highest BCUT2D eigenvalue weighted by Crippen LogP contribution is 2.24. The third kappa shape index (κ3) is 4.97. The molecule has 1 rings (SSSR count). The SMILES string of the molecule is CC1CCC(NC(C)CC(=O)NC(C)C)C1. The molecule has 0 aromatic carbocycles. The molecule has 1 aliphatic carbocycles. The van der Waals surface area contributed by atoms with Crippen LogP contribution in [0.5, 0.6) is 0 Å². The van der Waals surface area contributed by atoms with Crippen molar-refractivity contribution in [3.05, 3.63) is 0 Å². The van der Waals surface area contributed by atoms with E-state index in [1.165, 1.54) is 19.3 Å². The third-order valence-corrected chi connectivity index (χ3v) is 3.16. The van der Waals surface area contributed by atoms with Crippen molar-refractivity contribution in [2.45, 2.75) is 71.5 Å². The maximum absolute atomic E-state index is 11.6. The van der Waals surface area contributed by atoms with E-state index in [0.717, 1.165) is 5.92 Å². The molecule has 1 aliphatic rings. The molecule has 3 heteroatoms. The van der Waals surface area contributed by atoms with E-state index < -0.39 is 0 Å². The molecule has 16 heavy (non-hydrogen) atoms. The molecule has 3 nitrogen and oxygen atoms in total. The molecule has 3 atom stereocenters. The maximum Gasteiger partial charge on any atom is 0.221 e. The van der Waals surface area contributed by atoms with Crippen LogP contribution in [0.3, 0.4) is 0 Å². The maximum atomic E-state index is 11.6. The molecule has 0 bridgehead atoms. The number of carbonyl (C=O) groups is 1. The van der Waals surface area contributed by atoms with Crippen molar-refractivity contribution in [3.63, 3.8) is 0 Å². The van der Waals surface area contributed by atoms with Crippen LogP contribution in [0.4, 0.5) is 0 Å². The van der Waals surface area contributed by atoms with E-state index in [9.17, 15) is 4.79 Å². The predicted molar refractivity (Wildman–Crippen MR) is 67.3 cm³/mol. The number of hydrogen-bond acceptors (Lipinski definition) is 2. The van der Waals surface area contributed by atoms with Crippen LogP contribution in [0.1, 0.15) is 53.4 Å². The lowest BCUT2D eigenvalue weighted by Gasteiger charge is -2.19. The van der Waals surface area contributed by atoms with Gasteiger partial charge in [0.25, 0.3) is 0 Å². The molecular weight excluding hydrogens is 200 g/mol. The normalized spacial score (nSPS) is 27.1. The van der Waals surface area contributed by atoms with Crippen molar-refractivity contribution in [1.29, 1.82) is 0 Å². The zero-order chi connectivity index (χ0) is 12.1. The monoisotopic (exact) mass is 226 g/mol. The van der Waals surface area contributed by atoms with Gasteiger partial charge in [-0.25, -0.2) is 0 Å². The highest BCUT2D eigenvalue weighted by atomic mass is 16.1. The fourth-order valence-corrected chi connectivity index (χ4v) is 2.48. The Morgan fingerprint density at radius 3 is 2.50 bits per heavy atom. The second-order valence-electron chi connectivity index (χ2n) is 5.61. The minimum absolute atomic E-state index is 0.154. The van der Waals surface area contributed by atoms with Crippen LogP contribution < -0.4 is 10.6 Å². The van der Waals surface area contributed by atoms with Gasteiger partial charge >= 0.3 is 0 Å². The highest BCUT2D eigenvalue weighted by molar-refractivity contribution is 5.76. The number of carbonyl (C=O) groups excluding carboxylic acids is 1. The predicted octanol–water partition coefficient (Wildman–Crippen LogP) is 2.07. The van der Waals surface area contributed by atoms with E-state index in [2.05, 4.69) is 24.5 Å². The van der Waals surface area contributed by atoms with Crippen LogP contribution in [-0.4, -0.2) is 24.0 Å². The van der Waals surface area contributed by atoms with Gasteiger partial charge in [-0.3, -0.25) is 4.79 Å². The Balaban J connectivity index is 2.20. The summed E-state index contributed by atoms with van der Waals surface area (Å²) in [5.41, 5.74) is 0. The first-order chi connectivity index (χ1) is 7.47. The molecule has 0 aliphatic heterocycles. The van der Waals surface area contributed by atoms with Gasteiger partial charge in [-0.05, 0) is 46.0 Å². The first-order valence-corrected chi connectivity index (χ1v) is 6.52. The Kier molecular flexibility index (Phi) is 5.26. The van der Waals surface area contributed by atoms with Crippen LogP contribution in [-0.2, 0) is 4.79 Å². The summed E-state index contributed by atoms with van der Waals surface area (Å²) in [6.45, 7) is 8.39. The van der Waals surface area contributed by atoms with Gasteiger partial charge in [0.15, 0.2) is 0 Å². The first kappa shape index (κ1) is 13.5. The molecule has 94 valence electrons. The Hall–Kier alpha value is -0.570. The fraction of sp³-hybridized carbons (Fsp3) is 0.923. The summed E-state index contributed by atoms with van der Waals surface area (Å²) >= 11 is 0. The molecule has 0 saturated heterocycles. The first-order valence-electron chi connectivity index (χ1n) is 6.52. The quantitative estimate of drug-likeness (QED) is 0.753. The molecule has 0 spiro atoms. The summed E-state index contributed by atoms with van der Waals surface area (Å²) in [4.78, 5) is 11.6. The van der Waals surface area contributed by atoms with Gasteiger partial charge in [0.05, 0.1) is 0 Å². The Labute approximate surface area is 99.4 Å². The molecule has 0 heterocycles. The van der Waals surface area contributed by atoms with Crippen molar-refractivity contribution in [3.8, 4) is 0 Å². The van der Waals surface area contributed by atoms with E-state index in [0.29, 0.717) is 12.5 Å². The van der Waals surface area contributed by atoms with Crippen molar-refractivity contribution >= 4 is 5.91 Å². The van der Waals surface area contributed by atoms with E-state index in [1.807, 2.05) is 13.8 Å². The summed E-state index contributed by atoms with van der Waals surface area (Å²) in [5.74, 6) is 0.996. The number of amides is 1. The van der Waals surface area contributed by atoms with Crippen molar-refractivity contribution < 1.29 is 4.79 Å². The molecule has 0 aromatic rings. The van der Waals surface area contributed by atoms with Crippen molar-refractivity contribution in [1.82, 2.24) is 10.6 Å². The molecule has 1 saturated carbocycles.